The zero-order chi connectivity index (χ0) is 14.8. The van der Waals surface area contributed by atoms with Gasteiger partial charge in [0.05, 0.1) is 5.52 Å². The molecule has 1 saturated carbocycles. The van der Waals surface area contributed by atoms with Crippen molar-refractivity contribution in [2.24, 2.45) is 5.92 Å². The first-order valence-corrected chi connectivity index (χ1v) is 7.93. The SMILES string of the molecule is Cc1ccc2cc(/C=C(\CNC3CC3)C(C)C)ccc2n1. The molecular weight excluding hydrogens is 256 g/mol. The number of rotatable bonds is 5. The van der Waals surface area contributed by atoms with E-state index in [1.807, 2.05) is 6.92 Å². The van der Waals surface area contributed by atoms with Crippen molar-refractivity contribution < 1.29 is 0 Å². The third-order valence-corrected chi connectivity index (χ3v) is 4.12. The molecule has 0 spiro atoms. The van der Waals surface area contributed by atoms with Crippen molar-refractivity contribution in [1.82, 2.24) is 10.3 Å². The molecule has 1 aliphatic rings. The van der Waals surface area contributed by atoms with Crippen LogP contribution < -0.4 is 5.32 Å². The number of aromatic nitrogens is 1. The molecule has 1 N–H and O–H groups in total. The van der Waals surface area contributed by atoms with Crippen LogP contribution in [0.5, 0.6) is 0 Å². The molecule has 0 atom stereocenters. The summed E-state index contributed by atoms with van der Waals surface area (Å²) in [7, 11) is 0. The van der Waals surface area contributed by atoms with Gasteiger partial charge in [-0.1, -0.05) is 37.6 Å². The smallest absolute Gasteiger partial charge is 0.0705 e. The molecule has 110 valence electrons. The average molecular weight is 280 g/mol. The maximum absolute atomic E-state index is 4.57. The van der Waals surface area contributed by atoms with Crippen LogP contribution in [0.1, 0.15) is 37.9 Å². The minimum Gasteiger partial charge on any atom is -0.310 e. The van der Waals surface area contributed by atoms with Crippen molar-refractivity contribution in [3.8, 4) is 0 Å². The number of aryl methyl sites for hydroxylation is 1. The largest absolute Gasteiger partial charge is 0.310 e. The Kier molecular flexibility index (Phi) is 4.07. The third kappa shape index (κ3) is 3.70. The Morgan fingerprint density at radius 2 is 2.10 bits per heavy atom. The van der Waals surface area contributed by atoms with Crippen molar-refractivity contribution >= 4 is 17.0 Å². The summed E-state index contributed by atoms with van der Waals surface area (Å²) in [4.78, 5) is 4.57. The van der Waals surface area contributed by atoms with Crippen molar-refractivity contribution in [3.05, 3.63) is 47.2 Å². The number of hydrogen-bond donors (Lipinski definition) is 1. The molecular formula is C19H24N2. The van der Waals surface area contributed by atoms with Crippen LogP contribution in [0.3, 0.4) is 0 Å². The van der Waals surface area contributed by atoms with Gasteiger partial charge in [0.2, 0.25) is 0 Å². The van der Waals surface area contributed by atoms with E-state index in [2.05, 4.69) is 60.6 Å². The van der Waals surface area contributed by atoms with Crippen LogP contribution in [0.25, 0.3) is 17.0 Å². The predicted molar refractivity (Wildman–Crippen MR) is 90.3 cm³/mol. The number of benzene rings is 1. The van der Waals surface area contributed by atoms with E-state index in [1.54, 1.807) is 0 Å². The normalized spacial score (nSPS) is 15.9. The van der Waals surface area contributed by atoms with Gasteiger partial charge in [-0.05, 0) is 49.4 Å². The van der Waals surface area contributed by atoms with Gasteiger partial charge in [0.25, 0.3) is 0 Å². The highest BCUT2D eigenvalue weighted by atomic mass is 14.9. The second-order valence-corrected chi connectivity index (χ2v) is 6.43. The van der Waals surface area contributed by atoms with Gasteiger partial charge < -0.3 is 5.32 Å². The van der Waals surface area contributed by atoms with Gasteiger partial charge in [-0.25, -0.2) is 0 Å². The molecule has 1 fully saturated rings. The number of nitrogens with one attached hydrogen (secondary N) is 1. The van der Waals surface area contributed by atoms with Crippen LogP contribution in [0.15, 0.2) is 35.9 Å². The van der Waals surface area contributed by atoms with E-state index in [1.165, 1.54) is 29.4 Å². The van der Waals surface area contributed by atoms with Crippen LogP contribution in [0.2, 0.25) is 0 Å². The number of nitrogens with zero attached hydrogens (tertiary/aromatic N) is 1. The van der Waals surface area contributed by atoms with Crippen LogP contribution in [0, 0.1) is 12.8 Å². The highest BCUT2D eigenvalue weighted by Crippen LogP contribution is 2.22. The highest BCUT2D eigenvalue weighted by molar-refractivity contribution is 5.81. The molecule has 2 aromatic rings. The Bertz CT molecular complexity index is 666. The fraction of sp³-hybridized carbons (Fsp3) is 0.421. The molecule has 0 radical (unpaired) electrons. The van der Waals surface area contributed by atoms with Crippen molar-refractivity contribution in [2.45, 2.75) is 39.7 Å². The quantitative estimate of drug-likeness (QED) is 0.881. The molecule has 0 amide bonds. The van der Waals surface area contributed by atoms with Gasteiger partial charge >= 0.3 is 0 Å². The predicted octanol–water partition coefficient (Wildman–Crippen LogP) is 4.33. The molecule has 2 heteroatoms. The summed E-state index contributed by atoms with van der Waals surface area (Å²) in [5.41, 5.74) is 4.90. The summed E-state index contributed by atoms with van der Waals surface area (Å²) in [5.74, 6) is 0.572. The van der Waals surface area contributed by atoms with Gasteiger partial charge in [0.1, 0.15) is 0 Å². The first-order valence-electron chi connectivity index (χ1n) is 7.93. The van der Waals surface area contributed by atoms with Crippen LogP contribution in [-0.4, -0.2) is 17.6 Å². The molecule has 2 nitrogen and oxygen atoms in total. The van der Waals surface area contributed by atoms with E-state index in [-0.39, 0.29) is 0 Å². The molecule has 3 rings (SSSR count). The second kappa shape index (κ2) is 5.98. The molecule has 0 bridgehead atoms. The summed E-state index contributed by atoms with van der Waals surface area (Å²) >= 11 is 0. The molecule has 1 aromatic heterocycles. The lowest BCUT2D eigenvalue weighted by atomic mass is 9.99. The van der Waals surface area contributed by atoms with E-state index in [9.17, 15) is 0 Å². The lowest BCUT2D eigenvalue weighted by molar-refractivity contribution is 0.662. The van der Waals surface area contributed by atoms with E-state index in [0.717, 1.165) is 23.8 Å². The molecule has 1 aromatic carbocycles. The fourth-order valence-corrected chi connectivity index (χ4v) is 2.52. The minimum absolute atomic E-state index is 0.572. The van der Waals surface area contributed by atoms with E-state index in [0.29, 0.717) is 5.92 Å². The van der Waals surface area contributed by atoms with Gasteiger partial charge in [-0.2, -0.15) is 0 Å². The molecule has 0 aliphatic heterocycles. The molecule has 1 heterocycles. The summed E-state index contributed by atoms with van der Waals surface area (Å²) in [6.45, 7) is 7.58. The van der Waals surface area contributed by atoms with Gasteiger partial charge in [0, 0.05) is 23.7 Å². The fourth-order valence-electron chi connectivity index (χ4n) is 2.52. The molecule has 0 unspecified atom stereocenters. The highest BCUT2D eigenvalue weighted by Gasteiger charge is 2.20. The van der Waals surface area contributed by atoms with E-state index in [4.69, 9.17) is 0 Å². The Balaban J connectivity index is 1.85. The maximum atomic E-state index is 4.57. The van der Waals surface area contributed by atoms with Crippen molar-refractivity contribution in [3.63, 3.8) is 0 Å². The number of pyridine rings is 1. The van der Waals surface area contributed by atoms with Gasteiger partial charge in [-0.15, -0.1) is 0 Å². The Morgan fingerprint density at radius 1 is 1.29 bits per heavy atom. The first kappa shape index (κ1) is 14.3. The van der Waals surface area contributed by atoms with Crippen molar-refractivity contribution in [2.75, 3.05) is 6.54 Å². The molecule has 0 saturated heterocycles. The second-order valence-electron chi connectivity index (χ2n) is 6.43. The zero-order valence-electron chi connectivity index (χ0n) is 13.2. The lowest BCUT2D eigenvalue weighted by Gasteiger charge is -2.13. The summed E-state index contributed by atoms with van der Waals surface area (Å²) in [6.07, 6.45) is 5.01. The number of hydrogen-bond acceptors (Lipinski definition) is 2. The standard InChI is InChI=1S/C19H24N2/c1-13(2)17(12-20-18-7-8-18)11-15-5-9-19-16(10-15)6-4-14(3)21-19/h4-6,9-11,13,18,20H,7-8,12H2,1-3H3/b17-11+. The summed E-state index contributed by atoms with van der Waals surface area (Å²) in [6, 6.07) is 11.5. The Morgan fingerprint density at radius 3 is 2.81 bits per heavy atom. The Labute approximate surface area is 127 Å². The monoisotopic (exact) mass is 280 g/mol. The Hall–Kier alpha value is -1.67. The van der Waals surface area contributed by atoms with Crippen LogP contribution >= 0.6 is 0 Å². The van der Waals surface area contributed by atoms with Crippen molar-refractivity contribution in [1.29, 1.82) is 0 Å². The van der Waals surface area contributed by atoms with Gasteiger partial charge in [-0.3, -0.25) is 4.98 Å². The lowest BCUT2D eigenvalue weighted by Crippen LogP contribution is -2.21. The van der Waals surface area contributed by atoms with E-state index >= 15 is 0 Å². The van der Waals surface area contributed by atoms with Crippen LogP contribution in [-0.2, 0) is 0 Å². The third-order valence-electron chi connectivity index (χ3n) is 4.12. The minimum atomic E-state index is 0.572. The zero-order valence-corrected chi connectivity index (χ0v) is 13.2. The average Bonchev–Trinajstić information content (AvgIpc) is 3.27. The van der Waals surface area contributed by atoms with Gasteiger partial charge in [0.15, 0.2) is 0 Å². The van der Waals surface area contributed by atoms with E-state index < -0.39 is 0 Å². The first-order chi connectivity index (χ1) is 10.1. The summed E-state index contributed by atoms with van der Waals surface area (Å²) < 4.78 is 0. The topological polar surface area (TPSA) is 24.9 Å². The molecule has 21 heavy (non-hydrogen) atoms. The number of fused-ring (bicyclic) bond motifs is 1. The molecule has 1 aliphatic carbocycles. The van der Waals surface area contributed by atoms with Crippen LogP contribution in [0.4, 0.5) is 0 Å². The summed E-state index contributed by atoms with van der Waals surface area (Å²) in [5, 5.41) is 4.84. The maximum Gasteiger partial charge on any atom is 0.0705 e.